The zero-order valence-corrected chi connectivity index (χ0v) is 16.0. The summed E-state index contributed by atoms with van der Waals surface area (Å²) in [6.07, 6.45) is 2.53. The number of benzene rings is 2. The highest BCUT2D eigenvalue weighted by molar-refractivity contribution is 7.13. The van der Waals surface area contributed by atoms with Crippen molar-refractivity contribution < 1.29 is 4.79 Å². The van der Waals surface area contributed by atoms with Crippen LogP contribution in [-0.4, -0.2) is 20.9 Å². The van der Waals surface area contributed by atoms with Crippen molar-refractivity contribution in [2.45, 2.75) is 19.8 Å². The van der Waals surface area contributed by atoms with E-state index in [1.54, 1.807) is 18.2 Å². The van der Waals surface area contributed by atoms with E-state index in [0.29, 0.717) is 16.6 Å². The van der Waals surface area contributed by atoms with Crippen LogP contribution in [0.1, 0.15) is 18.2 Å². The van der Waals surface area contributed by atoms with Gasteiger partial charge in [0.05, 0.1) is 29.3 Å². The van der Waals surface area contributed by atoms with Crippen molar-refractivity contribution in [1.82, 2.24) is 15.0 Å². The Kier molecular flexibility index (Phi) is 4.99. The number of rotatable bonds is 5. The van der Waals surface area contributed by atoms with E-state index >= 15 is 0 Å². The zero-order chi connectivity index (χ0) is 19.5. The molecule has 2 heterocycles. The van der Waals surface area contributed by atoms with E-state index in [2.05, 4.69) is 51.5 Å². The van der Waals surface area contributed by atoms with Crippen molar-refractivity contribution in [3.63, 3.8) is 0 Å². The second-order valence-electron chi connectivity index (χ2n) is 6.38. The Labute approximate surface area is 165 Å². The van der Waals surface area contributed by atoms with Crippen LogP contribution < -0.4 is 10.9 Å². The van der Waals surface area contributed by atoms with Crippen LogP contribution in [0.25, 0.3) is 21.5 Å². The highest BCUT2D eigenvalue weighted by Crippen LogP contribution is 2.24. The first kappa shape index (κ1) is 18.1. The molecule has 0 aliphatic heterocycles. The maximum absolute atomic E-state index is 12.4. The van der Waals surface area contributed by atoms with E-state index in [4.69, 9.17) is 0 Å². The molecule has 2 N–H and O–H groups in total. The third-order valence-corrected chi connectivity index (χ3v) is 5.37. The lowest BCUT2D eigenvalue weighted by Gasteiger charge is -2.05. The Hall–Kier alpha value is -3.32. The molecule has 0 saturated carbocycles. The summed E-state index contributed by atoms with van der Waals surface area (Å²) in [7, 11) is 0. The molecule has 2 aromatic heterocycles. The second kappa shape index (κ2) is 7.74. The standard InChI is InChI=1S/C21H18N4O2S/c1-2-13-3-5-14(6-4-13)21-25-16(11-28-21)10-19(26)24-15-7-8-18-17(9-15)20(27)23-12-22-18/h3-9,11-12H,2,10H2,1H3,(H,24,26)(H,22,23,27). The quantitative estimate of drug-likeness (QED) is 0.543. The number of aromatic amines is 1. The molecule has 0 bridgehead atoms. The molecular weight excluding hydrogens is 372 g/mol. The molecule has 2 aromatic carbocycles. The molecule has 4 aromatic rings. The van der Waals surface area contributed by atoms with E-state index in [9.17, 15) is 9.59 Å². The van der Waals surface area contributed by atoms with Gasteiger partial charge in [-0.2, -0.15) is 0 Å². The SMILES string of the molecule is CCc1ccc(-c2nc(CC(=O)Nc3ccc4nc[nH]c(=O)c4c3)cs2)cc1. The number of thiazole rings is 1. The van der Waals surface area contributed by atoms with Gasteiger partial charge in [0.1, 0.15) is 5.01 Å². The number of aryl methyl sites for hydroxylation is 1. The Morgan fingerprint density at radius 3 is 2.79 bits per heavy atom. The van der Waals surface area contributed by atoms with Crippen molar-refractivity contribution >= 4 is 33.8 Å². The van der Waals surface area contributed by atoms with E-state index < -0.39 is 0 Å². The molecule has 0 spiro atoms. The Morgan fingerprint density at radius 2 is 2.00 bits per heavy atom. The summed E-state index contributed by atoms with van der Waals surface area (Å²) in [5, 5.41) is 6.05. The molecule has 0 atom stereocenters. The lowest BCUT2D eigenvalue weighted by molar-refractivity contribution is -0.115. The average Bonchev–Trinajstić information content (AvgIpc) is 3.17. The van der Waals surface area contributed by atoms with E-state index in [1.807, 2.05) is 5.38 Å². The molecule has 0 radical (unpaired) electrons. The summed E-state index contributed by atoms with van der Waals surface area (Å²) in [5.74, 6) is -0.183. The van der Waals surface area contributed by atoms with Gasteiger partial charge in [0.15, 0.2) is 0 Å². The van der Waals surface area contributed by atoms with Crippen LogP contribution in [-0.2, 0) is 17.6 Å². The smallest absolute Gasteiger partial charge is 0.258 e. The van der Waals surface area contributed by atoms with E-state index in [-0.39, 0.29) is 17.9 Å². The summed E-state index contributed by atoms with van der Waals surface area (Å²) in [6, 6.07) is 13.4. The zero-order valence-electron chi connectivity index (χ0n) is 15.2. The van der Waals surface area contributed by atoms with Gasteiger partial charge in [-0.15, -0.1) is 11.3 Å². The number of aromatic nitrogens is 3. The molecule has 0 saturated heterocycles. The minimum atomic E-state index is -0.237. The largest absolute Gasteiger partial charge is 0.326 e. The predicted molar refractivity (Wildman–Crippen MR) is 112 cm³/mol. The Balaban J connectivity index is 1.46. The predicted octanol–water partition coefficient (Wildman–Crippen LogP) is 3.79. The molecule has 140 valence electrons. The molecule has 6 nitrogen and oxygen atoms in total. The number of amides is 1. The van der Waals surface area contributed by atoms with Gasteiger partial charge < -0.3 is 10.3 Å². The number of nitrogens with zero attached hydrogens (tertiary/aromatic N) is 2. The number of fused-ring (bicyclic) bond motifs is 1. The van der Waals surface area contributed by atoms with Gasteiger partial charge in [-0.25, -0.2) is 9.97 Å². The summed E-state index contributed by atoms with van der Waals surface area (Å²) >= 11 is 1.52. The Morgan fingerprint density at radius 1 is 1.18 bits per heavy atom. The molecule has 4 rings (SSSR count). The van der Waals surface area contributed by atoms with Crippen LogP contribution in [0.4, 0.5) is 5.69 Å². The molecule has 0 aliphatic carbocycles. The minimum Gasteiger partial charge on any atom is -0.326 e. The van der Waals surface area contributed by atoms with Crippen LogP contribution in [0.15, 0.2) is 59.0 Å². The monoisotopic (exact) mass is 390 g/mol. The molecular formula is C21H18N4O2S. The van der Waals surface area contributed by atoms with Gasteiger partial charge in [-0.1, -0.05) is 31.2 Å². The first-order chi connectivity index (χ1) is 13.6. The molecule has 7 heteroatoms. The van der Waals surface area contributed by atoms with E-state index in [1.165, 1.54) is 23.2 Å². The van der Waals surface area contributed by atoms with Crippen molar-refractivity contribution in [2.24, 2.45) is 0 Å². The van der Waals surface area contributed by atoms with Crippen LogP contribution in [0.3, 0.4) is 0 Å². The van der Waals surface area contributed by atoms with E-state index in [0.717, 1.165) is 22.7 Å². The van der Waals surface area contributed by atoms with Crippen LogP contribution in [0.2, 0.25) is 0 Å². The molecule has 28 heavy (non-hydrogen) atoms. The highest BCUT2D eigenvalue weighted by atomic mass is 32.1. The first-order valence-corrected chi connectivity index (χ1v) is 9.81. The molecule has 0 unspecified atom stereocenters. The number of hydrogen-bond donors (Lipinski definition) is 2. The second-order valence-corrected chi connectivity index (χ2v) is 7.24. The first-order valence-electron chi connectivity index (χ1n) is 8.93. The van der Waals surface area contributed by atoms with Crippen LogP contribution in [0, 0.1) is 0 Å². The maximum Gasteiger partial charge on any atom is 0.258 e. The number of hydrogen-bond acceptors (Lipinski definition) is 5. The number of anilines is 1. The van der Waals surface area contributed by atoms with Gasteiger partial charge in [0.2, 0.25) is 5.91 Å². The number of H-pyrrole nitrogens is 1. The normalized spacial score (nSPS) is 10.9. The van der Waals surface area contributed by atoms with Crippen molar-refractivity contribution in [3.8, 4) is 10.6 Å². The van der Waals surface area contributed by atoms with Gasteiger partial charge in [-0.05, 0) is 30.2 Å². The minimum absolute atomic E-state index is 0.172. The molecule has 0 aliphatic rings. The van der Waals surface area contributed by atoms with Crippen molar-refractivity contribution in [1.29, 1.82) is 0 Å². The molecule has 0 fully saturated rings. The maximum atomic E-state index is 12.4. The summed E-state index contributed by atoms with van der Waals surface area (Å²) < 4.78 is 0. The summed E-state index contributed by atoms with van der Waals surface area (Å²) in [6.45, 7) is 2.12. The fraction of sp³-hybridized carbons (Fsp3) is 0.143. The number of nitrogens with one attached hydrogen (secondary N) is 2. The van der Waals surface area contributed by atoms with Gasteiger partial charge in [0, 0.05) is 16.6 Å². The fourth-order valence-corrected chi connectivity index (χ4v) is 3.75. The summed E-state index contributed by atoms with van der Waals surface area (Å²) in [5.41, 5.74) is 3.96. The topological polar surface area (TPSA) is 87.7 Å². The Bertz CT molecular complexity index is 1190. The third-order valence-electron chi connectivity index (χ3n) is 4.43. The van der Waals surface area contributed by atoms with Gasteiger partial charge in [0.25, 0.3) is 5.56 Å². The summed E-state index contributed by atoms with van der Waals surface area (Å²) in [4.78, 5) is 35.5. The third kappa shape index (κ3) is 3.84. The number of carbonyl (C=O) groups is 1. The molecule has 1 amide bonds. The van der Waals surface area contributed by atoms with Crippen molar-refractivity contribution in [2.75, 3.05) is 5.32 Å². The van der Waals surface area contributed by atoms with Crippen LogP contribution in [0.5, 0.6) is 0 Å². The van der Waals surface area contributed by atoms with Crippen LogP contribution >= 0.6 is 11.3 Å². The lowest BCUT2D eigenvalue weighted by atomic mass is 10.1. The average molecular weight is 390 g/mol. The lowest BCUT2D eigenvalue weighted by Crippen LogP contribution is -2.15. The van der Waals surface area contributed by atoms with Crippen molar-refractivity contribution in [3.05, 3.63) is 75.8 Å². The fourth-order valence-electron chi connectivity index (χ4n) is 2.92. The van der Waals surface area contributed by atoms with Gasteiger partial charge in [-0.3, -0.25) is 9.59 Å². The number of carbonyl (C=O) groups excluding carboxylic acids is 1. The highest BCUT2D eigenvalue weighted by Gasteiger charge is 2.10. The van der Waals surface area contributed by atoms with Gasteiger partial charge >= 0.3 is 0 Å².